The normalized spacial score (nSPS) is 16.5. The molecule has 4 rings (SSSR count). The van der Waals surface area contributed by atoms with Gasteiger partial charge in [-0.1, -0.05) is 12.1 Å². The van der Waals surface area contributed by atoms with Crippen molar-refractivity contribution in [3.63, 3.8) is 0 Å². The maximum Gasteiger partial charge on any atom is 0.136 e. The van der Waals surface area contributed by atoms with Gasteiger partial charge in [-0.15, -0.1) is 11.3 Å². The molecule has 1 fully saturated rings. The van der Waals surface area contributed by atoms with E-state index >= 15 is 0 Å². The monoisotopic (exact) mass is 354 g/mol. The molecule has 1 aromatic carbocycles. The van der Waals surface area contributed by atoms with Gasteiger partial charge in [0.05, 0.1) is 5.39 Å². The van der Waals surface area contributed by atoms with E-state index in [1.807, 2.05) is 12.1 Å². The molecule has 0 bridgehead atoms. The Morgan fingerprint density at radius 3 is 2.48 bits per heavy atom. The molecule has 25 heavy (non-hydrogen) atoms. The second kappa shape index (κ2) is 6.59. The van der Waals surface area contributed by atoms with Crippen LogP contribution >= 0.6 is 11.3 Å². The molecule has 0 atom stereocenters. The first-order valence-electron chi connectivity index (χ1n) is 8.40. The van der Waals surface area contributed by atoms with Crippen LogP contribution < -0.4 is 11.5 Å². The first-order chi connectivity index (χ1) is 12.1. The van der Waals surface area contributed by atoms with Crippen molar-refractivity contribution in [3.05, 3.63) is 35.5 Å². The van der Waals surface area contributed by atoms with Gasteiger partial charge in [-0.3, -0.25) is 4.90 Å². The van der Waals surface area contributed by atoms with Crippen LogP contribution in [0.5, 0.6) is 0 Å². The molecule has 0 amide bonds. The van der Waals surface area contributed by atoms with Crippen molar-refractivity contribution in [2.45, 2.75) is 6.54 Å². The van der Waals surface area contributed by atoms with E-state index in [9.17, 15) is 0 Å². The van der Waals surface area contributed by atoms with Gasteiger partial charge in [-0.05, 0) is 24.7 Å². The number of thiophene rings is 1. The molecule has 7 heteroatoms. The number of anilines is 2. The maximum atomic E-state index is 6.20. The lowest BCUT2D eigenvalue weighted by Gasteiger charge is -2.32. The summed E-state index contributed by atoms with van der Waals surface area (Å²) >= 11 is 1.71. The molecule has 3 heterocycles. The van der Waals surface area contributed by atoms with Crippen molar-refractivity contribution in [2.24, 2.45) is 0 Å². The Morgan fingerprint density at radius 2 is 1.76 bits per heavy atom. The Balaban J connectivity index is 1.79. The molecule has 0 unspecified atom stereocenters. The fourth-order valence-corrected chi connectivity index (χ4v) is 4.49. The summed E-state index contributed by atoms with van der Waals surface area (Å²) in [5, 5.41) is 0.960. The Bertz CT molecular complexity index is 880. The molecule has 1 saturated heterocycles. The lowest BCUT2D eigenvalue weighted by molar-refractivity contribution is 0.149. The predicted molar refractivity (Wildman–Crippen MR) is 104 cm³/mol. The van der Waals surface area contributed by atoms with Crippen molar-refractivity contribution < 1.29 is 0 Å². The average molecular weight is 354 g/mol. The van der Waals surface area contributed by atoms with Crippen LogP contribution in [0, 0.1) is 0 Å². The largest absolute Gasteiger partial charge is 0.399 e. The van der Waals surface area contributed by atoms with Gasteiger partial charge in [0.25, 0.3) is 0 Å². The number of nitrogens with zero attached hydrogens (tertiary/aromatic N) is 4. The minimum absolute atomic E-state index is 0.540. The summed E-state index contributed by atoms with van der Waals surface area (Å²) in [6.07, 6.45) is 1.54. The number of hydrogen-bond donors (Lipinski definition) is 2. The van der Waals surface area contributed by atoms with Crippen molar-refractivity contribution >= 4 is 33.1 Å². The summed E-state index contributed by atoms with van der Waals surface area (Å²) in [6, 6.07) is 7.96. The van der Waals surface area contributed by atoms with Crippen LogP contribution in [-0.2, 0) is 6.54 Å². The zero-order valence-electron chi connectivity index (χ0n) is 14.3. The van der Waals surface area contributed by atoms with E-state index in [1.54, 1.807) is 17.7 Å². The molecule has 1 aliphatic heterocycles. The average Bonchev–Trinajstić information content (AvgIpc) is 2.97. The van der Waals surface area contributed by atoms with E-state index in [0.29, 0.717) is 5.82 Å². The summed E-state index contributed by atoms with van der Waals surface area (Å²) in [4.78, 5) is 15.8. The number of rotatable bonds is 3. The highest BCUT2D eigenvalue weighted by atomic mass is 32.1. The molecule has 6 nitrogen and oxygen atoms in total. The number of fused-ring (bicyclic) bond motifs is 1. The highest BCUT2D eigenvalue weighted by molar-refractivity contribution is 7.19. The SMILES string of the molecule is CN1CCN(Cc2sc3ncnc(N)c3c2-c2ccc(N)cc2)CC1. The molecular weight excluding hydrogens is 332 g/mol. The van der Waals surface area contributed by atoms with Gasteiger partial charge in [-0.2, -0.15) is 0 Å². The maximum absolute atomic E-state index is 6.20. The predicted octanol–water partition coefficient (Wildman–Crippen LogP) is 2.27. The van der Waals surface area contributed by atoms with Gasteiger partial charge in [0.15, 0.2) is 0 Å². The summed E-state index contributed by atoms with van der Waals surface area (Å²) in [6.45, 7) is 5.27. The van der Waals surface area contributed by atoms with Crippen LogP contribution in [0.15, 0.2) is 30.6 Å². The number of nitrogens with two attached hydrogens (primary N) is 2. The number of likely N-dealkylation sites (N-methyl/N-ethyl adjacent to an activating group) is 1. The van der Waals surface area contributed by atoms with Crippen molar-refractivity contribution in [1.29, 1.82) is 0 Å². The standard InChI is InChI=1S/C18H22N6S/c1-23-6-8-24(9-7-23)10-14-15(12-2-4-13(19)5-3-12)16-17(20)21-11-22-18(16)25-14/h2-5,11H,6-10,19H2,1H3,(H2,20,21,22). The second-order valence-corrected chi connectivity index (χ2v) is 7.62. The van der Waals surface area contributed by atoms with Gasteiger partial charge < -0.3 is 16.4 Å². The molecule has 2 aromatic heterocycles. The summed E-state index contributed by atoms with van der Waals surface area (Å²) < 4.78 is 0. The second-order valence-electron chi connectivity index (χ2n) is 6.54. The highest BCUT2D eigenvalue weighted by Crippen LogP contribution is 2.40. The van der Waals surface area contributed by atoms with Crippen LogP contribution in [0.25, 0.3) is 21.3 Å². The fourth-order valence-electron chi connectivity index (χ4n) is 3.28. The van der Waals surface area contributed by atoms with Gasteiger partial charge in [0.1, 0.15) is 17.0 Å². The summed E-state index contributed by atoms with van der Waals surface area (Å²) in [5.74, 6) is 0.540. The molecule has 0 aliphatic carbocycles. The third kappa shape index (κ3) is 3.18. The fraction of sp³-hybridized carbons (Fsp3) is 0.333. The van der Waals surface area contributed by atoms with Gasteiger partial charge in [0, 0.05) is 48.9 Å². The molecule has 0 spiro atoms. The van der Waals surface area contributed by atoms with Gasteiger partial charge >= 0.3 is 0 Å². The topological polar surface area (TPSA) is 84.3 Å². The van der Waals surface area contributed by atoms with E-state index in [0.717, 1.165) is 59.8 Å². The smallest absolute Gasteiger partial charge is 0.136 e. The van der Waals surface area contributed by atoms with E-state index in [4.69, 9.17) is 11.5 Å². The summed E-state index contributed by atoms with van der Waals surface area (Å²) in [5.41, 5.74) is 15.1. The number of piperazine rings is 1. The number of benzene rings is 1. The molecule has 4 N–H and O–H groups in total. The first-order valence-corrected chi connectivity index (χ1v) is 9.22. The minimum Gasteiger partial charge on any atom is -0.399 e. The van der Waals surface area contributed by atoms with E-state index in [1.165, 1.54) is 4.88 Å². The number of aromatic nitrogens is 2. The Morgan fingerprint density at radius 1 is 1.04 bits per heavy atom. The van der Waals surface area contributed by atoms with Crippen LogP contribution in [-0.4, -0.2) is 53.0 Å². The Hall–Kier alpha value is -2.22. The molecule has 0 radical (unpaired) electrons. The van der Waals surface area contributed by atoms with Crippen LogP contribution in [0.2, 0.25) is 0 Å². The van der Waals surface area contributed by atoms with Crippen LogP contribution in [0.1, 0.15) is 4.88 Å². The minimum atomic E-state index is 0.540. The zero-order valence-corrected chi connectivity index (χ0v) is 15.1. The molecule has 1 aliphatic rings. The van der Waals surface area contributed by atoms with Crippen molar-refractivity contribution in [1.82, 2.24) is 19.8 Å². The zero-order chi connectivity index (χ0) is 17.4. The molecular formula is C18H22N6S. The molecule has 3 aromatic rings. The van der Waals surface area contributed by atoms with Crippen molar-refractivity contribution in [2.75, 3.05) is 44.7 Å². The van der Waals surface area contributed by atoms with Crippen LogP contribution in [0.3, 0.4) is 0 Å². The third-order valence-corrected chi connectivity index (χ3v) is 5.84. The first kappa shape index (κ1) is 16.3. The number of hydrogen-bond acceptors (Lipinski definition) is 7. The van der Waals surface area contributed by atoms with E-state index in [2.05, 4.69) is 38.9 Å². The lowest BCUT2D eigenvalue weighted by Crippen LogP contribution is -2.43. The number of nitrogen functional groups attached to an aromatic ring is 2. The molecule has 130 valence electrons. The lowest BCUT2D eigenvalue weighted by atomic mass is 10.0. The summed E-state index contributed by atoms with van der Waals surface area (Å²) in [7, 11) is 2.17. The quantitative estimate of drug-likeness (QED) is 0.702. The Kier molecular flexibility index (Phi) is 4.29. The third-order valence-electron chi connectivity index (χ3n) is 4.75. The van der Waals surface area contributed by atoms with Gasteiger partial charge in [0.2, 0.25) is 0 Å². The van der Waals surface area contributed by atoms with Crippen molar-refractivity contribution in [3.8, 4) is 11.1 Å². The van der Waals surface area contributed by atoms with E-state index < -0.39 is 0 Å². The highest BCUT2D eigenvalue weighted by Gasteiger charge is 2.21. The molecule has 0 saturated carbocycles. The van der Waals surface area contributed by atoms with Gasteiger partial charge in [-0.25, -0.2) is 9.97 Å². The Labute approximate surface area is 151 Å². The van der Waals surface area contributed by atoms with Crippen LogP contribution in [0.4, 0.5) is 11.5 Å². The van der Waals surface area contributed by atoms with E-state index in [-0.39, 0.29) is 0 Å².